The second-order valence-electron chi connectivity index (χ2n) is 19.5. The zero-order chi connectivity index (χ0) is 52.2. The van der Waals surface area contributed by atoms with Crippen molar-refractivity contribution < 1.29 is 28.6 Å². The third-order valence-electron chi connectivity index (χ3n) is 12.5. The molecule has 0 aliphatic carbocycles. The van der Waals surface area contributed by atoms with Gasteiger partial charge in [-0.25, -0.2) is 0 Å². The van der Waals surface area contributed by atoms with Gasteiger partial charge < -0.3 is 14.2 Å². The molecule has 6 nitrogen and oxygen atoms in total. The van der Waals surface area contributed by atoms with E-state index in [1.807, 2.05) is 0 Å². The Morgan fingerprint density at radius 1 is 0.292 bits per heavy atom. The van der Waals surface area contributed by atoms with E-state index >= 15 is 0 Å². The van der Waals surface area contributed by atoms with Gasteiger partial charge in [0.2, 0.25) is 0 Å². The van der Waals surface area contributed by atoms with E-state index in [-0.39, 0.29) is 31.1 Å². The Labute approximate surface area is 444 Å². The topological polar surface area (TPSA) is 78.9 Å². The maximum absolute atomic E-state index is 12.9. The van der Waals surface area contributed by atoms with Crippen molar-refractivity contribution in [1.82, 2.24) is 0 Å². The van der Waals surface area contributed by atoms with Gasteiger partial charge in [-0.2, -0.15) is 0 Å². The minimum atomic E-state index is -0.793. The first-order valence-corrected chi connectivity index (χ1v) is 29.9. The van der Waals surface area contributed by atoms with Crippen molar-refractivity contribution in [1.29, 1.82) is 0 Å². The molecule has 0 aliphatic heterocycles. The summed E-state index contributed by atoms with van der Waals surface area (Å²) in [5.41, 5.74) is 0. The molecule has 0 fully saturated rings. The van der Waals surface area contributed by atoms with Crippen LogP contribution in [0.25, 0.3) is 0 Å². The van der Waals surface area contributed by atoms with Crippen LogP contribution in [0.1, 0.15) is 271 Å². The van der Waals surface area contributed by atoms with Gasteiger partial charge in [0, 0.05) is 19.3 Å². The van der Waals surface area contributed by atoms with Crippen LogP contribution in [0.15, 0.2) is 109 Å². The first-order chi connectivity index (χ1) is 35.5. The van der Waals surface area contributed by atoms with Gasteiger partial charge in [-0.1, -0.05) is 252 Å². The maximum atomic E-state index is 12.9. The predicted octanol–water partition coefficient (Wildman–Crippen LogP) is 20.3. The first kappa shape index (κ1) is 68.1. The molecule has 72 heavy (non-hydrogen) atoms. The van der Waals surface area contributed by atoms with E-state index in [1.54, 1.807) is 0 Å². The smallest absolute Gasteiger partial charge is 0.306 e. The monoisotopic (exact) mass is 999 g/mol. The van der Waals surface area contributed by atoms with Crippen molar-refractivity contribution in [3.8, 4) is 0 Å². The van der Waals surface area contributed by atoms with Gasteiger partial charge in [0.05, 0.1) is 0 Å². The largest absolute Gasteiger partial charge is 0.462 e. The Bertz CT molecular complexity index is 1470. The first-order valence-electron chi connectivity index (χ1n) is 29.9. The summed E-state index contributed by atoms with van der Waals surface area (Å²) in [5.74, 6) is -0.926. The fourth-order valence-corrected chi connectivity index (χ4v) is 8.04. The fourth-order valence-electron chi connectivity index (χ4n) is 8.04. The van der Waals surface area contributed by atoms with E-state index in [2.05, 4.69) is 130 Å². The van der Waals surface area contributed by atoms with Crippen LogP contribution >= 0.6 is 0 Å². The van der Waals surface area contributed by atoms with Gasteiger partial charge in [0.15, 0.2) is 6.10 Å². The van der Waals surface area contributed by atoms with Crippen LogP contribution in [0.4, 0.5) is 0 Å². The number of hydrogen-bond donors (Lipinski definition) is 0. The number of ether oxygens (including phenoxy) is 3. The molecule has 0 saturated carbocycles. The fraction of sp³-hybridized carbons (Fsp3) is 0.682. The molecule has 0 aliphatic rings. The highest BCUT2D eigenvalue weighted by atomic mass is 16.6. The number of rotatable bonds is 53. The zero-order valence-corrected chi connectivity index (χ0v) is 46.9. The lowest BCUT2D eigenvalue weighted by molar-refractivity contribution is -0.167. The van der Waals surface area contributed by atoms with Gasteiger partial charge in [-0.15, -0.1) is 0 Å². The van der Waals surface area contributed by atoms with Crippen LogP contribution in [-0.4, -0.2) is 37.2 Å². The van der Waals surface area contributed by atoms with Crippen LogP contribution in [0.2, 0.25) is 0 Å². The second kappa shape index (κ2) is 59.6. The van der Waals surface area contributed by atoms with Gasteiger partial charge >= 0.3 is 17.9 Å². The average molecular weight is 1000 g/mol. The molecule has 0 amide bonds. The molecule has 410 valence electrons. The van der Waals surface area contributed by atoms with E-state index in [9.17, 15) is 14.4 Å². The van der Waals surface area contributed by atoms with Gasteiger partial charge in [0.25, 0.3) is 0 Å². The Balaban J connectivity index is 4.31. The number of carbonyl (C=O) groups is 3. The van der Waals surface area contributed by atoms with E-state index in [4.69, 9.17) is 14.2 Å². The molecule has 0 aromatic carbocycles. The average Bonchev–Trinajstić information content (AvgIpc) is 3.38. The maximum Gasteiger partial charge on any atom is 0.306 e. The van der Waals surface area contributed by atoms with E-state index in [1.165, 1.54) is 103 Å². The van der Waals surface area contributed by atoms with Crippen LogP contribution < -0.4 is 0 Å². The van der Waals surface area contributed by atoms with Crippen molar-refractivity contribution >= 4 is 17.9 Å². The van der Waals surface area contributed by atoms with Crippen LogP contribution in [-0.2, 0) is 28.6 Å². The third kappa shape index (κ3) is 57.0. The van der Waals surface area contributed by atoms with Gasteiger partial charge in [-0.05, 0) is 109 Å². The van der Waals surface area contributed by atoms with E-state index in [0.717, 1.165) is 128 Å². The number of unbranched alkanes of at least 4 members (excludes halogenated alkanes) is 24. The Kier molecular flexibility index (Phi) is 56.4. The van der Waals surface area contributed by atoms with Gasteiger partial charge in [-0.3, -0.25) is 14.4 Å². The van der Waals surface area contributed by atoms with Crippen molar-refractivity contribution in [3.63, 3.8) is 0 Å². The molecule has 0 N–H and O–H groups in total. The molecule has 0 aromatic rings. The summed E-state index contributed by atoms with van der Waals surface area (Å²) in [6.07, 6.45) is 80.9. The number of carbonyl (C=O) groups excluding carboxylic acids is 3. The highest BCUT2D eigenvalue weighted by molar-refractivity contribution is 5.71. The normalized spacial score (nSPS) is 12.9. The van der Waals surface area contributed by atoms with Crippen LogP contribution in [0.5, 0.6) is 0 Å². The number of esters is 3. The van der Waals surface area contributed by atoms with Crippen LogP contribution in [0.3, 0.4) is 0 Å². The second-order valence-corrected chi connectivity index (χ2v) is 19.5. The minimum Gasteiger partial charge on any atom is -0.462 e. The summed E-state index contributed by atoms with van der Waals surface area (Å²) in [7, 11) is 0. The molecule has 0 aromatic heterocycles. The molecule has 6 heteroatoms. The van der Waals surface area contributed by atoms with E-state index in [0.29, 0.717) is 19.3 Å². The summed E-state index contributed by atoms with van der Waals surface area (Å²) < 4.78 is 16.8. The lowest BCUT2D eigenvalue weighted by Gasteiger charge is -2.18. The zero-order valence-electron chi connectivity index (χ0n) is 46.9. The number of allylic oxidation sites excluding steroid dienone is 18. The predicted molar refractivity (Wildman–Crippen MR) is 311 cm³/mol. The molecule has 1 atom stereocenters. The molecule has 0 bridgehead atoms. The Morgan fingerprint density at radius 2 is 0.542 bits per heavy atom. The van der Waals surface area contributed by atoms with Crippen molar-refractivity contribution in [3.05, 3.63) is 109 Å². The molecular formula is C66H110O6. The lowest BCUT2D eigenvalue weighted by Crippen LogP contribution is -2.30. The Hall–Kier alpha value is -3.93. The summed E-state index contributed by atoms with van der Waals surface area (Å²) in [6, 6.07) is 0. The lowest BCUT2D eigenvalue weighted by atomic mass is 10.1. The van der Waals surface area contributed by atoms with Crippen molar-refractivity contribution in [2.45, 2.75) is 277 Å². The molecule has 0 heterocycles. The van der Waals surface area contributed by atoms with E-state index < -0.39 is 6.10 Å². The molecule has 0 saturated heterocycles. The number of hydrogen-bond acceptors (Lipinski definition) is 6. The standard InChI is InChI=1S/C66H110O6/c1-4-7-10-13-16-19-21-23-25-27-29-31-33-35-37-39-41-43-45-47-50-53-56-59-65(68)71-62-63(61-70-64(67)58-55-52-49-18-15-12-9-6-3)72-66(69)60-57-54-51-48-46-44-42-40-38-36-34-32-30-28-26-24-22-20-17-14-11-8-5-2/h7,10,16,19,22-25,28-31,34-37,41,43,63H,4-6,8-9,11-15,17-18,20-21,26-27,32-33,38-40,42,44-62H2,1-3H3/b10-7-,19-16-,24-22-,25-23-,30-28-,31-29-,36-34-,37-35-,43-41-. The summed E-state index contributed by atoms with van der Waals surface area (Å²) in [6.45, 7) is 6.46. The summed E-state index contributed by atoms with van der Waals surface area (Å²) in [5, 5.41) is 0. The SMILES string of the molecule is CC/C=C\C/C=C\C/C=C\C/C=C\C/C=C\C/C=C\CCCCCCC(=O)OCC(COC(=O)CCCCCCCCCC)OC(=O)CCCCCCCCCC/C=C\C/C=C\C/C=C\CCCCCCC. The van der Waals surface area contributed by atoms with Crippen molar-refractivity contribution in [2.75, 3.05) is 13.2 Å². The summed E-state index contributed by atoms with van der Waals surface area (Å²) in [4.78, 5) is 38.1. The van der Waals surface area contributed by atoms with Crippen molar-refractivity contribution in [2.24, 2.45) is 0 Å². The molecule has 0 rings (SSSR count). The van der Waals surface area contributed by atoms with Gasteiger partial charge in [0.1, 0.15) is 13.2 Å². The molecule has 1 unspecified atom stereocenters. The third-order valence-corrected chi connectivity index (χ3v) is 12.5. The van der Waals surface area contributed by atoms with Crippen LogP contribution in [0, 0.1) is 0 Å². The molecular weight excluding hydrogens is 889 g/mol. The molecule has 0 spiro atoms. The Morgan fingerprint density at radius 3 is 0.847 bits per heavy atom. The quantitative estimate of drug-likeness (QED) is 0.0261. The minimum absolute atomic E-state index is 0.0898. The summed E-state index contributed by atoms with van der Waals surface area (Å²) >= 11 is 0. The highest BCUT2D eigenvalue weighted by Crippen LogP contribution is 2.14. The molecule has 0 radical (unpaired) electrons. The highest BCUT2D eigenvalue weighted by Gasteiger charge is 2.19.